The van der Waals surface area contributed by atoms with Gasteiger partial charge in [0.1, 0.15) is 0 Å². The lowest BCUT2D eigenvalue weighted by Crippen LogP contribution is -1.82. The van der Waals surface area contributed by atoms with Crippen LogP contribution in [0, 0.1) is 6.92 Å². The van der Waals surface area contributed by atoms with Crippen LogP contribution < -0.4 is 5.73 Å². The minimum Gasteiger partial charge on any atom is -0.397 e. The molecule has 0 bridgehead atoms. The van der Waals surface area contributed by atoms with E-state index in [0.29, 0.717) is 5.02 Å². The van der Waals surface area contributed by atoms with E-state index < -0.39 is 0 Å². The monoisotopic (exact) mass is 147 g/mol. The maximum absolute atomic E-state index is 5.61. The maximum atomic E-state index is 5.61. The van der Waals surface area contributed by atoms with E-state index in [9.17, 15) is 0 Å². The molecule has 2 N–H and O–H groups in total. The predicted molar refractivity (Wildman–Crippen MR) is 38.5 cm³/mol. The first-order valence-electron chi connectivity index (χ1n) is 2.21. The van der Waals surface area contributed by atoms with Gasteiger partial charge in [0.05, 0.1) is 10.7 Å². The smallest absolute Gasteiger partial charge is 0.0745 e. The molecule has 0 aromatic carbocycles. The van der Waals surface area contributed by atoms with E-state index in [1.54, 1.807) is 11.3 Å². The fraction of sp³-hybridized carbons (Fsp3) is 0.200. The molecule has 0 aliphatic heterocycles. The molecular formula is C5H6ClNS. The van der Waals surface area contributed by atoms with E-state index in [2.05, 4.69) is 0 Å². The van der Waals surface area contributed by atoms with Crippen molar-refractivity contribution in [2.45, 2.75) is 6.92 Å². The van der Waals surface area contributed by atoms with Crippen molar-refractivity contribution < 1.29 is 0 Å². The first kappa shape index (κ1) is 5.92. The summed E-state index contributed by atoms with van der Waals surface area (Å²) in [5.41, 5.74) is 6.20. The molecule has 0 aliphatic rings. The molecule has 0 amide bonds. The highest BCUT2D eigenvalue weighted by Crippen LogP contribution is 2.27. The minimum atomic E-state index is 0.674. The third kappa shape index (κ3) is 0.812. The van der Waals surface area contributed by atoms with Crippen LogP contribution in [0.2, 0.25) is 5.02 Å². The Kier molecular flexibility index (Phi) is 1.45. The molecule has 44 valence electrons. The summed E-state index contributed by atoms with van der Waals surface area (Å²) in [4.78, 5) is 1.09. The molecule has 1 nitrogen and oxygen atoms in total. The van der Waals surface area contributed by atoms with Gasteiger partial charge >= 0.3 is 0 Å². The number of halogens is 1. The van der Waals surface area contributed by atoms with E-state index in [-0.39, 0.29) is 0 Å². The molecule has 1 rings (SSSR count). The molecule has 1 aromatic heterocycles. The number of thiophene rings is 1. The van der Waals surface area contributed by atoms with Crippen molar-refractivity contribution in [3.63, 3.8) is 0 Å². The van der Waals surface area contributed by atoms with Crippen LogP contribution in [0.3, 0.4) is 0 Å². The predicted octanol–water partition coefficient (Wildman–Crippen LogP) is 2.29. The zero-order valence-electron chi connectivity index (χ0n) is 4.44. The summed E-state index contributed by atoms with van der Waals surface area (Å²) >= 11 is 7.19. The standard InChI is InChI=1S/C5H6ClNS/c1-3-5(7)4(6)2-8-3/h2H,7H2,1H3. The normalized spacial score (nSPS) is 9.75. The van der Waals surface area contributed by atoms with Gasteiger partial charge in [0.15, 0.2) is 0 Å². The molecule has 3 heteroatoms. The molecule has 0 saturated heterocycles. The first-order valence-corrected chi connectivity index (χ1v) is 3.46. The number of aryl methyl sites for hydroxylation is 1. The quantitative estimate of drug-likeness (QED) is 0.599. The Bertz CT molecular complexity index is 175. The van der Waals surface area contributed by atoms with Crippen LogP contribution in [0.1, 0.15) is 4.88 Å². The maximum Gasteiger partial charge on any atom is 0.0745 e. The van der Waals surface area contributed by atoms with Gasteiger partial charge in [-0.05, 0) is 6.92 Å². The number of hydrogen-bond acceptors (Lipinski definition) is 2. The summed E-state index contributed by atoms with van der Waals surface area (Å²) in [6.07, 6.45) is 0. The second kappa shape index (κ2) is 1.96. The molecule has 0 spiro atoms. The van der Waals surface area contributed by atoms with Crippen LogP contribution >= 0.6 is 22.9 Å². The van der Waals surface area contributed by atoms with E-state index >= 15 is 0 Å². The summed E-state index contributed by atoms with van der Waals surface area (Å²) in [5, 5.41) is 2.51. The average Bonchev–Trinajstić information content (AvgIpc) is 1.98. The number of nitrogen functional groups attached to an aromatic ring is 1. The first-order chi connectivity index (χ1) is 3.72. The fourth-order valence-corrected chi connectivity index (χ4v) is 1.41. The molecular weight excluding hydrogens is 142 g/mol. The molecule has 8 heavy (non-hydrogen) atoms. The van der Waals surface area contributed by atoms with Crippen molar-refractivity contribution >= 4 is 28.6 Å². The van der Waals surface area contributed by atoms with Crippen molar-refractivity contribution in [1.82, 2.24) is 0 Å². The van der Waals surface area contributed by atoms with E-state index in [4.69, 9.17) is 17.3 Å². The Hall–Kier alpha value is -0.210. The lowest BCUT2D eigenvalue weighted by molar-refractivity contribution is 1.62. The van der Waals surface area contributed by atoms with Gasteiger partial charge in [-0.2, -0.15) is 0 Å². The highest BCUT2D eigenvalue weighted by Gasteiger charge is 1.98. The summed E-state index contributed by atoms with van der Waals surface area (Å²) in [6, 6.07) is 0. The van der Waals surface area contributed by atoms with Crippen LogP contribution in [0.4, 0.5) is 5.69 Å². The van der Waals surface area contributed by atoms with Gasteiger partial charge in [0, 0.05) is 10.3 Å². The van der Waals surface area contributed by atoms with Crippen molar-refractivity contribution in [2.24, 2.45) is 0 Å². The fourth-order valence-electron chi connectivity index (χ4n) is 0.435. The van der Waals surface area contributed by atoms with Gasteiger partial charge in [0.2, 0.25) is 0 Å². The molecule has 0 unspecified atom stereocenters. The Morgan fingerprint density at radius 2 is 2.38 bits per heavy atom. The second-order valence-corrected chi connectivity index (χ2v) is 3.04. The van der Waals surface area contributed by atoms with E-state index in [0.717, 1.165) is 10.6 Å². The zero-order chi connectivity index (χ0) is 6.15. The largest absolute Gasteiger partial charge is 0.397 e. The van der Waals surface area contributed by atoms with Crippen LogP contribution in [-0.2, 0) is 0 Å². The van der Waals surface area contributed by atoms with E-state index in [1.165, 1.54) is 0 Å². The van der Waals surface area contributed by atoms with Gasteiger partial charge in [-0.25, -0.2) is 0 Å². The molecule has 1 aromatic rings. The van der Waals surface area contributed by atoms with Gasteiger partial charge < -0.3 is 5.73 Å². The van der Waals surface area contributed by atoms with Crippen molar-refractivity contribution in [3.8, 4) is 0 Å². The number of anilines is 1. The molecule has 0 saturated carbocycles. The highest BCUT2D eigenvalue weighted by molar-refractivity contribution is 7.11. The second-order valence-electron chi connectivity index (χ2n) is 1.55. The number of hydrogen-bond donors (Lipinski definition) is 1. The number of nitrogens with two attached hydrogens (primary N) is 1. The van der Waals surface area contributed by atoms with Crippen molar-refractivity contribution in [1.29, 1.82) is 0 Å². The van der Waals surface area contributed by atoms with Crippen LogP contribution in [0.5, 0.6) is 0 Å². The van der Waals surface area contributed by atoms with Gasteiger partial charge in [0.25, 0.3) is 0 Å². The van der Waals surface area contributed by atoms with Crippen LogP contribution in [0.15, 0.2) is 5.38 Å². The highest BCUT2D eigenvalue weighted by atomic mass is 35.5. The minimum absolute atomic E-state index is 0.674. The molecule has 0 radical (unpaired) electrons. The summed E-state index contributed by atoms with van der Waals surface area (Å²) in [7, 11) is 0. The SMILES string of the molecule is Cc1scc(Cl)c1N. The summed E-state index contributed by atoms with van der Waals surface area (Å²) in [5.74, 6) is 0. The molecule has 0 atom stereocenters. The van der Waals surface area contributed by atoms with E-state index in [1.807, 2.05) is 12.3 Å². The van der Waals surface area contributed by atoms with Gasteiger partial charge in [-0.3, -0.25) is 0 Å². The Morgan fingerprint density at radius 1 is 1.75 bits per heavy atom. The third-order valence-electron chi connectivity index (χ3n) is 0.976. The molecule has 0 fully saturated rings. The van der Waals surface area contributed by atoms with Gasteiger partial charge in [-0.1, -0.05) is 11.6 Å². The van der Waals surface area contributed by atoms with Crippen molar-refractivity contribution in [3.05, 3.63) is 15.3 Å². The van der Waals surface area contributed by atoms with Crippen molar-refractivity contribution in [2.75, 3.05) is 5.73 Å². The van der Waals surface area contributed by atoms with Crippen LogP contribution in [0.25, 0.3) is 0 Å². The Labute approximate surface area is 57.1 Å². The Balaban J connectivity index is 3.19. The molecule has 0 aliphatic carbocycles. The van der Waals surface area contributed by atoms with Crippen LogP contribution in [-0.4, -0.2) is 0 Å². The average molecular weight is 148 g/mol. The Morgan fingerprint density at radius 3 is 2.50 bits per heavy atom. The summed E-state index contributed by atoms with van der Waals surface area (Å²) in [6.45, 7) is 1.95. The third-order valence-corrected chi connectivity index (χ3v) is 2.34. The topological polar surface area (TPSA) is 26.0 Å². The molecule has 1 heterocycles. The lowest BCUT2D eigenvalue weighted by Gasteiger charge is -1.85. The number of rotatable bonds is 0. The summed E-state index contributed by atoms with van der Waals surface area (Å²) < 4.78 is 0. The lowest BCUT2D eigenvalue weighted by atomic mass is 10.4. The van der Waals surface area contributed by atoms with Gasteiger partial charge in [-0.15, -0.1) is 11.3 Å². The zero-order valence-corrected chi connectivity index (χ0v) is 6.01.